The minimum Gasteiger partial charge on any atom is -0.237 e. The van der Waals surface area contributed by atoms with E-state index >= 15 is 0 Å². The lowest BCUT2D eigenvalue weighted by atomic mass is 9.86. The molecule has 0 amide bonds. The Balaban J connectivity index is 3.16. The minimum absolute atomic E-state index is 0.363. The van der Waals surface area contributed by atoms with Crippen LogP contribution in [0.15, 0.2) is 29.2 Å². The monoisotopic (exact) mass is 373 g/mol. The van der Waals surface area contributed by atoms with Gasteiger partial charge < -0.3 is 0 Å². The molecule has 1 N–H and O–H groups in total. The zero-order valence-electron chi connectivity index (χ0n) is 16.0. The van der Waals surface area contributed by atoms with Crippen molar-refractivity contribution in [2.45, 2.75) is 76.3 Å². The molecule has 3 atom stereocenters. The Hall–Kier alpha value is -0.720. The van der Waals surface area contributed by atoms with Gasteiger partial charge in [-0.3, -0.25) is 0 Å². The molecule has 1 rings (SSSR count). The Morgan fingerprint density at radius 3 is 1.83 bits per heavy atom. The third-order valence-corrected chi connectivity index (χ3v) is 8.34. The van der Waals surface area contributed by atoms with Crippen molar-refractivity contribution in [2.75, 3.05) is 0 Å². The van der Waals surface area contributed by atoms with Gasteiger partial charge in [0.05, 0.1) is 14.9 Å². The fraction of sp³-hybridized carbons (Fsp3) is 0.667. The van der Waals surface area contributed by atoms with E-state index in [9.17, 15) is 12.6 Å². The van der Waals surface area contributed by atoms with Gasteiger partial charge in [0.2, 0.25) is 0 Å². The minimum atomic E-state index is -3.39. The fourth-order valence-electron chi connectivity index (χ4n) is 2.56. The Morgan fingerprint density at radius 2 is 1.46 bits per heavy atom. The number of hydrogen-bond donors (Lipinski definition) is 1. The van der Waals surface area contributed by atoms with Gasteiger partial charge in [0, 0.05) is 6.04 Å². The normalized spacial score (nSPS) is 17.3. The van der Waals surface area contributed by atoms with Crippen LogP contribution >= 0.6 is 0 Å². The van der Waals surface area contributed by atoms with Crippen LogP contribution in [0.3, 0.4) is 0 Å². The molecule has 0 saturated heterocycles. The first-order chi connectivity index (χ1) is 10.7. The van der Waals surface area contributed by atoms with Crippen LogP contribution in [0, 0.1) is 12.3 Å². The topological polar surface area (TPSA) is 63.2 Å². The van der Waals surface area contributed by atoms with Gasteiger partial charge in [-0.05, 0) is 52.2 Å². The van der Waals surface area contributed by atoms with E-state index in [1.54, 1.807) is 39.8 Å². The molecule has 6 heteroatoms. The highest BCUT2D eigenvalue weighted by atomic mass is 32.2. The van der Waals surface area contributed by atoms with Gasteiger partial charge in [-0.15, -0.1) is 0 Å². The molecule has 24 heavy (non-hydrogen) atoms. The van der Waals surface area contributed by atoms with Crippen molar-refractivity contribution in [1.29, 1.82) is 0 Å². The molecule has 0 aliphatic rings. The van der Waals surface area contributed by atoms with E-state index in [0.717, 1.165) is 5.56 Å². The number of benzene rings is 1. The van der Waals surface area contributed by atoms with Crippen molar-refractivity contribution < 1.29 is 12.6 Å². The summed E-state index contributed by atoms with van der Waals surface area (Å²) in [4.78, 5) is 0.648. The highest BCUT2D eigenvalue weighted by Crippen LogP contribution is 2.31. The van der Waals surface area contributed by atoms with Crippen LogP contribution in [0.4, 0.5) is 0 Å². The van der Waals surface area contributed by atoms with Crippen LogP contribution in [-0.2, 0) is 20.8 Å². The van der Waals surface area contributed by atoms with Crippen LogP contribution in [0.25, 0.3) is 0 Å². The van der Waals surface area contributed by atoms with Gasteiger partial charge in [0.1, 0.15) is 11.0 Å². The molecule has 0 aliphatic carbocycles. The molecule has 0 heterocycles. The average molecular weight is 374 g/mol. The summed E-state index contributed by atoms with van der Waals surface area (Å²) in [5.74, 6) is 0. The first kappa shape index (κ1) is 21.3. The number of hydrogen-bond acceptors (Lipinski definition) is 3. The van der Waals surface area contributed by atoms with E-state index in [1.165, 1.54) is 0 Å². The van der Waals surface area contributed by atoms with E-state index in [1.807, 2.05) is 39.8 Å². The summed E-state index contributed by atoms with van der Waals surface area (Å²) in [6.07, 6.45) is 0. The molecule has 1 aromatic rings. The van der Waals surface area contributed by atoms with E-state index in [2.05, 4.69) is 4.72 Å². The fourth-order valence-corrected chi connectivity index (χ4v) is 5.90. The maximum absolute atomic E-state index is 12.9. The summed E-state index contributed by atoms with van der Waals surface area (Å²) in [6.45, 7) is 14.7. The van der Waals surface area contributed by atoms with Crippen molar-refractivity contribution in [2.24, 2.45) is 5.41 Å². The molecule has 0 fully saturated rings. The van der Waals surface area contributed by atoms with Gasteiger partial charge in [-0.2, -0.15) is 0 Å². The second-order valence-corrected chi connectivity index (χ2v) is 12.7. The lowest BCUT2D eigenvalue weighted by Crippen LogP contribution is -2.54. The SMILES string of the molecule is Cc1ccc([S@@](=O)N[C@H]([C@@H](C)S(=O)(=O)C(C)(C)C)C(C)(C)C)cc1. The first-order valence-electron chi connectivity index (χ1n) is 8.16. The van der Waals surface area contributed by atoms with Crippen LogP contribution in [0.5, 0.6) is 0 Å². The summed E-state index contributed by atoms with van der Waals surface area (Å²) in [6, 6.07) is 6.97. The van der Waals surface area contributed by atoms with Crippen LogP contribution < -0.4 is 4.72 Å². The van der Waals surface area contributed by atoms with Crippen molar-refractivity contribution in [1.82, 2.24) is 4.72 Å². The smallest absolute Gasteiger partial charge is 0.159 e. The second-order valence-electron chi connectivity index (χ2n) is 8.41. The Bertz CT molecular complexity index is 680. The van der Waals surface area contributed by atoms with Gasteiger partial charge in [0.15, 0.2) is 9.84 Å². The van der Waals surface area contributed by atoms with Crippen molar-refractivity contribution in [3.63, 3.8) is 0 Å². The maximum Gasteiger partial charge on any atom is 0.159 e. The second kappa shape index (κ2) is 7.26. The van der Waals surface area contributed by atoms with Crippen LogP contribution in [-0.4, -0.2) is 28.7 Å². The van der Waals surface area contributed by atoms with E-state index in [4.69, 9.17) is 0 Å². The summed E-state index contributed by atoms with van der Waals surface area (Å²) in [5.41, 5.74) is 0.727. The van der Waals surface area contributed by atoms with Crippen molar-refractivity contribution >= 4 is 20.8 Å². The van der Waals surface area contributed by atoms with Crippen molar-refractivity contribution in [3.05, 3.63) is 29.8 Å². The van der Waals surface area contributed by atoms with Gasteiger partial charge in [-0.1, -0.05) is 38.5 Å². The lowest BCUT2D eigenvalue weighted by Gasteiger charge is -2.38. The molecule has 1 aromatic carbocycles. The van der Waals surface area contributed by atoms with E-state index < -0.39 is 36.9 Å². The average Bonchev–Trinajstić information content (AvgIpc) is 2.42. The largest absolute Gasteiger partial charge is 0.237 e. The summed E-state index contributed by atoms with van der Waals surface area (Å²) < 4.78 is 40.6. The highest BCUT2D eigenvalue weighted by molar-refractivity contribution is 7.93. The van der Waals surface area contributed by atoms with Gasteiger partial charge in [0.25, 0.3) is 0 Å². The first-order valence-corrected chi connectivity index (χ1v) is 10.9. The number of sulfone groups is 1. The molecule has 0 bridgehead atoms. The third kappa shape index (κ3) is 4.90. The molecule has 4 nitrogen and oxygen atoms in total. The van der Waals surface area contributed by atoms with Crippen molar-refractivity contribution in [3.8, 4) is 0 Å². The maximum atomic E-state index is 12.9. The molecule has 0 spiro atoms. The van der Waals surface area contributed by atoms with Crippen LogP contribution in [0.1, 0.15) is 54.0 Å². The molecule has 0 aromatic heterocycles. The quantitative estimate of drug-likeness (QED) is 0.857. The molecule has 0 saturated carbocycles. The van der Waals surface area contributed by atoms with E-state index in [0.29, 0.717) is 4.90 Å². The molecular weight excluding hydrogens is 342 g/mol. The Labute approximate surface area is 149 Å². The molecule has 0 aliphatic heterocycles. The molecule has 0 radical (unpaired) electrons. The molecule has 0 unspecified atom stereocenters. The van der Waals surface area contributed by atoms with Crippen LogP contribution in [0.2, 0.25) is 0 Å². The number of rotatable bonds is 5. The highest BCUT2D eigenvalue weighted by Gasteiger charge is 2.43. The Kier molecular flexibility index (Phi) is 6.45. The lowest BCUT2D eigenvalue weighted by molar-refractivity contribution is 0.294. The van der Waals surface area contributed by atoms with E-state index in [-0.39, 0.29) is 5.41 Å². The van der Waals surface area contributed by atoms with Gasteiger partial charge >= 0.3 is 0 Å². The van der Waals surface area contributed by atoms with Gasteiger partial charge in [-0.25, -0.2) is 17.3 Å². The zero-order chi connectivity index (χ0) is 18.9. The summed E-state index contributed by atoms with van der Waals surface area (Å²) >= 11 is 0. The Morgan fingerprint density at radius 1 is 1.00 bits per heavy atom. The number of nitrogens with one attached hydrogen (secondary N) is 1. The summed E-state index contributed by atoms with van der Waals surface area (Å²) in [7, 11) is -4.86. The molecule has 138 valence electrons. The third-order valence-electron chi connectivity index (χ3n) is 4.21. The molecular formula is C18H31NO3S2. The zero-order valence-corrected chi connectivity index (χ0v) is 17.6. The summed E-state index contributed by atoms with van der Waals surface area (Å²) in [5, 5.41) is -0.660. The standard InChI is InChI=1S/C18H31NO3S2/c1-13-9-11-15(12-10-13)23(20)19-16(17(3,4)5)14(2)24(21,22)18(6,7)8/h9-12,14,16,19H,1-8H3/t14-,16-,23-/m1/s1. The predicted octanol–water partition coefficient (Wildman–Crippen LogP) is 3.62. The predicted molar refractivity (Wildman–Crippen MR) is 102 cm³/mol. The number of aryl methyl sites for hydroxylation is 1.